The van der Waals surface area contributed by atoms with Crippen molar-refractivity contribution in [2.45, 2.75) is 69.7 Å². The SMILES string of the molecule is C1=C\CCC(n2cc(C3CCCC3)nn2)CCC/1. The zero-order valence-corrected chi connectivity index (χ0v) is 11.1. The van der Waals surface area contributed by atoms with Crippen molar-refractivity contribution in [1.29, 1.82) is 0 Å². The second-order valence-electron chi connectivity index (χ2n) is 5.74. The number of hydrogen-bond donors (Lipinski definition) is 0. The second kappa shape index (κ2) is 5.68. The Morgan fingerprint density at radius 1 is 0.944 bits per heavy atom. The molecule has 0 aliphatic heterocycles. The van der Waals surface area contributed by atoms with E-state index in [9.17, 15) is 0 Å². The molecule has 0 saturated heterocycles. The number of rotatable bonds is 2. The van der Waals surface area contributed by atoms with Gasteiger partial charge in [0.05, 0.1) is 11.7 Å². The van der Waals surface area contributed by atoms with E-state index < -0.39 is 0 Å². The summed E-state index contributed by atoms with van der Waals surface area (Å²) in [7, 11) is 0. The van der Waals surface area contributed by atoms with Crippen LogP contribution in [0.25, 0.3) is 0 Å². The van der Waals surface area contributed by atoms with Gasteiger partial charge in [-0.3, -0.25) is 0 Å². The Morgan fingerprint density at radius 2 is 1.78 bits per heavy atom. The molecular formula is C15H23N3. The van der Waals surface area contributed by atoms with Crippen LogP contribution in [0, 0.1) is 0 Å². The molecule has 0 amide bonds. The molecular weight excluding hydrogens is 222 g/mol. The highest BCUT2D eigenvalue weighted by Crippen LogP contribution is 2.33. The molecule has 2 aliphatic carbocycles. The Labute approximate surface area is 109 Å². The van der Waals surface area contributed by atoms with Crippen LogP contribution in [0.3, 0.4) is 0 Å². The molecule has 1 aromatic rings. The molecule has 1 heterocycles. The topological polar surface area (TPSA) is 30.7 Å². The highest BCUT2D eigenvalue weighted by atomic mass is 15.4. The third kappa shape index (κ3) is 2.65. The lowest BCUT2D eigenvalue weighted by Crippen LogP contribution is -2.10. The fraction of sp³-hybridized carbons (Fsp3) is 0.733. The molecule has 18 heavy (non-hydrogen) atoms. The maximum absolute atomic E-state index is 4.42. The maximum atomic E-state index is 4.42. The van der Waals surface area contributed by atoms with Crippen molar-refractivity contribution in [3.05, 3.63) is 24.0 Å². The standard InChI is InChI=1S/C15H23N3/c1-2-4-10-14(11-5-3-1)18-12-15(16-17-18)13-8-6-7-9-13/h1-2,12-14H,3-11H2/b2-1-. The lowest BCUT2D eigenvalue weighted by molar-refractivity contribution is 0.380. The van der Waals surface area contributed by atoms with Crippen molar-refractivity contribution in [2.24, 2.45) is 0 Å². The number of aromatic nitrogens is 3. The van der Waals surface area contributed by atoms with Gasteiger partial charge in [-0.1, -0.05) is 30.2 Å². The Morgan fingerprint density at radius 3 is 2.67 bits per heavy atom. The molecule has 1 saturated carbocycles. The van der Waals surface area contributed by atoms with E-state index in [1.165, 1.54) is 63.5 Å². The summed E-state index contributed by atoms with van der Waals surface area (Å²) in [5.74, 6) is 0.687. The van der Waals surface area contributed by atoms with Crippen molar-refractivity contribution in [1.82, 2.24) is 15.0 Å². The van der Waals surface area contributed by atoms with E-state index >= 15 is 0 Å². The van der Waals surface area contributed by atoms with Gasteiger partial charge in [0.2, 0.25) is 0 Å². The third-order valence-corrected chi connectivity index (χ3v) is 4.42. The van der Waals surface area contributed by atoms with Crippen LogP contribution in [-0.2, 0) is 0 Å². The molecule has 0 bridgehead atoms. The fourth-order valence-corrected chi connectivity index (χ4v) is 3.28. The van der Waals surface area contributed by atoms with E-state index in [0.717, 1.165) is 0 Å². The molecule has 2 aliphatic rings. The largest absolute Gasteiger partial charge is 0.249 e. The maximum Gasteiger partial charge on any atom is 0.0858 e. The zero-order chi connectivity index (χ0) is 12.2. The number of hydrogen-bond acceptors (Lipinski definition) is 2. The first-order valence-electron chi connectivity index (χ1n) is 7.50. The lowest BCUT2D eigenvalue weighted by Gasteiger charge is -2.17. The van der Waals surface area contributed by atoms with Gasteiger partial charge in [0.25, 0.3) is 0 Å². The monoisotopic (exact) mass is 245 g/mol. The van der Waals surface area contributed by atoms with Gasteiger partial charge in [0.1, 0.15) is 0 Å². The van der Waals surface area contributed by atoms with E-state index in [0.29, 0.717) is 12.0 Å². The van der Waals surface area contributed by atoms with Crippen molar-refractivity contribution in [3.63, 3.8) is 0 Å². The van der Waals surface area contributed by atoms with Gasteiger partial charge in [0.15, 0.2) is 0 Å². The van der Waals surface area contributed by atoms with Gasteiger partial charge in [-0.05, 0) is 44.9 Å². The highest BCUT2D eigenvalue weighted by Gasteiger charge is 2.21. The molecule has 0 N–H and O–H groups in total. The molecule has 3 rings (SSSR count). The average Bonchev–Trinajstić information content (AvgIpc) is 2.98. The van der Waals surface area contributed by atoms with Crippen LogP contribution in [0.5, 0.6) is 0 Å². The third-order valence-electron chi connectivity index (χ3n) is 4.42. The minimum Gasteiger partial charge on any atom is -0.249 e. The lowest BCUT2D eigenvalue weighted by atomic mass is 10.0. The summed E-state index contributed by atoms with van der Waals surface area (Å²) in [6.07, 6.45) is 18.4. The predicted molar refractivity (Wildman–Crippen MR) is 72.5 cm³/mol. The first-order valence-corrected chi connectivity index (χ1v) is 7.50. The Balaban J connectivity index is 1.69. The molecule has 1 atom stereocenters. The van der Waals surface area contributed by atoms with E-state index in [4.69, 9.17) is 0 Å². The van der Waals surface area contributed by atoms with Crippen LogP contribution in [-0.4, -0.2) is 15.0 Å². The van der Waals surface area contributed by atoms with Gasteiger partial charge >= 0.3 is 0 Å². The van der Waals surface area contributed by atoms with Crippen LogP contribution < -0.4 is 0 Å². The Hall–Kier alpha value is -1.12. The Kier molecular flexibility index (Phi) is 3.77. The van der Waals surface area contributed by atoms with E-state index in [2.05, 4.69) is 33.3 Å². The average molecular weight is 245 g/mol. The first kappa shape index (κ1) is 11.9. The molecule has 0 spiro atoms. The van der Waals surface area contributed by atoms with Crippen LogP contribution in [0.4, 0.5) is 0 Å². The zero-order valence-electron chi connectivity index (χ0n) is 11.1. The molecule has 1 unspecified atom stereocenters. The van der Waals surface area contributed by atoms with Gasteiger partial charge in [0, 0.05) is 12.1 Å². The summed E-state index contributed by atoms with van der Waals surface area (Å²) in [6.45, 7) is 0. The van der Waals surface area contributed by atoms with Crippen LogP contribution in [0.1, 0.15) is 75.4 Å². The van der Waals surface area contributed by atoms with Gasteiger partial charge < -0.3 is 0 Å². The summed E-state index contributed by atoms with van der Waals surface area (Å²) in [4.78, 5) is 0. The van der Waals surface area contributed by atoms with Gasteiger partial charge in [-0.15, -0.1) is 5.10 Å². The summed E-state index contributed by atoms with van der Waals surface area (Å²) >= 11 is 0. The quantitative estimate of drug-likeness (QED) is 0.737. The van der Waals surface area contributed by atoms with E-state index in [1.54, 1.807) is 0 Å². The van der Waals surface area contributed by atoms with Crippen LogP contribution in [0.2, 0.25) is 0 Å². The summed E-state index contributed by atoms with van der Waals surface area (Å²) < 4.78 is 2.15. The molecule has 3 heteroatoms. The molecule has 0 radical (unpaired) electrons. The molecule has 0 aromatic carbocycles. The molecule has 3 nitrogen and oxygen atoms in total. The normalized spacial score (nSPS) is 27.9. The molecule has 1 aromatic heterocycles. The van der Waals surface area contributed by atoms with Crippen molar-refractivity contribution >= 4 is 0 Å². The predicted octanol–water partition coefficient (Wildman–Crippen LogP) is 4.00. The summed E-state index contributed by atoms with van der Waals surface area (Å²) in [5, 5.41) is 8.82. The van der Waals surface area contributed by atoms with Gasteiger partial charge in [-0.2, -0.15) is 0 Å². The first-order chi connectivity index (χ1) is 8.93. The van der Waals surface area contributed by atoms with Crippen molar-refractivity contribution in [3.8, 4) is 0 Å². The number of nitrogens with zero attached hydrogens (tertiary/aromatic N) is 3. The van der Waals surface area contributed by atoms with E-state index in [-0.39, 0.29) is 0 Å². The highest BCUT2D eigenvalue weighted by molar-refractivity contribution is 5.04. The minimum atomic E-state index is 0.567. The van der Waals surface area contributed by atoms with Crippen LogP contribution >= 0.6 is 0 Å². The summed E-state index contributed by atoms with van der Waals surface area (Å²) in [5.41, 5.74) is 1.24. The fourth-order valence-electron chi connectivity index (χ4n) is 3.28. The van der Waals surface area contributed by atoms with Crippen molar-refractivity contribution in [2.75, 3.05) is 0 Å². The van der Waals surface area contributed by atoms with Crippen LogP contribution in [0.15, 0.2) is 18.3 Å². The second-order valence-corrected chi connectivity index (χ2v) is 5.74. The minimum absolute atomic E-state index is 0.567. The molecule has 1 fully saturated rings. The van der Waals surface area contributed by atoms with Gasteiger partial charge in [-0.25, -0.2) is 4.68 Å². The number of allylic oxidation sites excluding steroid dienone is 2. The molecule has 98 valence electrons. The van der Waals surface area contributed by atoms with E-state index in [1.807, 2.05) is 0 Å². The smallest absolute Gasteiger partial charge is 0.0858 e. The summed E-state index contributed by atoms with van der Waals surface area (Å²) in [6, 6.07) is 0.567. The van der Waals surface area contributed by atoms with Crippen molar-refractivity contribution < 1.29 is 0 Å². The Bertz CT molecular complexity index is 402.